The molecule has 32 heavy (non-hydrogen) atoms. The summed E-state index contributed by atoms with van der Waals surface area (Å²) in [7, 11) is -3.96. The lowest BCUT2D eigenvalue weighted by Gasteiger charge is -2.31. The molecule has 2 aromatic rings. The minimum absolute atomic E-state index is 0.0261. The highest BCUT2D eigenvalue weighted by molar-refractivity contribution is 7.90. The first-order valence-electron chi connectivity index (χ1n) is 11.0. The molecule has 170 valence electrons. The van der Waals surface area contributed by atoms with Crippen molar-refractivity contribution in [3.8, 4) is 0 Å². The van der Waals surface area contributed by atoms with E-state index in [2.05, 4.69) is 15.4 Å². The van der Waals surface area contributed by atoms with Gasteiger partial charge in [0.05, 0.1) is 22.8 Å². The Balaban J connectivity index is 1.39. The number of urea groups is 1. The minimum Gasteiger partial charge on any atom is -0.353 e. The van der Waals surface area contributed by atoms with Crippen LogP contribution in [0, 0.1) is 0 Å². The van der Waals surface area contributed by atoms with Gasteiger partial charge in [-0.1, -0.05) is 43.5 Å². The predicted molar refractivity (Wildman–Crippen MR) is 122 cm³/mol. The molecule has 0 saturated heterocycles. The van der Waals surface area contributed by atoms with Crippen LogP contribution in [0.2, 0.25) is 0 Å². The highest BCUT2D eigenvalue weighted by Gasteiger charge is 2.23. The topological polar surface area (TPSA) is 108 Å². The molecule has 3 N–H and O–H groups in total. The zero-order chi connectivity index (χ0) is 22.6. The SMILES string of the molecule is O=C(NC1CCCCC1)NS(=O)(=O)c1cccc(CCN2CNC(=O)c3ccccc32)c1. The van der Waals surface area contributed by atoms with E-state index in [1.807, 2.05) is 29.2 Å². The van der Waals surface area contributed by atoms with Crippen LogP contribution in [0.4, 0.5) is 10.5 Å². The van der Waals surface area contributed by atoms with Crippen molar-refractivity contribution in [2.75, 3.05) is 18.1 Å². The first-order chi connectivity index (χ1) is 15.4. The van der Waals surface area contributed by atoms with E-state index in [0.29, 0.717) is 25.2 Å². The lowest BCUT2D eigenvalue weighted by molar-refractivity contribution is 0.0947. The number of hydrogen-bond donors (Lipinski definition) is 3. The number of carbonyl (C=O) groups excluding carboxylic acids is 2. The highest BCUT2D eigenvalue weighted by Crippen LogP contribution is 2.23. The second-order valence-electron chi connectivity index (χ2n) is 8.26. The van der Waals surface area contributed by atoms with Gasteiger partial charge in [-0.2, -0.15) is 0 Å². The van der Waals surface area contributed by atoms with Gasteiger partial charge in [-0.25, -0.2) is 17.9 Å². The largest absolute Gasteiger partial charge is 0.353 e. The molecule has 0 aromatic heterocycles. The van der Waals surface area contributed by atoms with Gasteiger partial charge in [0, 0.05) is 12.6 Å². The quantitative estimate of drug-likeness (QED) is 0.620. The Kier molecular flexibility index (Phi) is 6.64. The van der Waals surface area contributed by atoms with Crippen LogP contribution in [0.3, 0.4) is 0 Å². The Morgan fingerprint density at radius 1 is 1.06 bits per heavy atom. The lowest BCUT2D eigenvalue weighted by Crippen LogP contribution is -2.45. The Morgan fingerprint density at radius 2 is 1.84 bits per heavy atom. The van der Waals surface area contributed by atoms with E-state index < -0.39 is 16.1 Å². The maximum Gasteiger partial charge on any atom is 0.328 e. The molecule has 9 heteroatoms. The Bertz CT molecular complexity index is 1100. The van der Waals surface area contributed by atoms with Gasteiger partial charge in [-0.3, -0.25) is 4.79 Å². The molecule has 0 radical (unpaired) electrons. The highest BCUT2D eigenvalue weighted by atomic mass is 32.2. The number of fused-ring (bicyclic) bond motifs is 1. The first kappa shape index (κ1) is 22.1. The van der Waals surface area contributed by atoms with Crippen molar-refractivity contribution in [2.45, 2.75) is 49.5 Å². The summed E-state index contributed by atoms with van der Waals surface area (Å²) in [6.07, 6.45) is 5.59. The van der Waals surface area contributed by atoms with Gasteiger partial charge in [0.15, 0.2) is 0 Å². The number of benzene rings is 2. The van der Waals surface area contributed by atoms with Crippen molar-refractivity contribution in [2.24, 2.45) is 0 Å². The molecule has 1 aliphatic carbocycles. The van der Waals surface area contributed by atoms with Gasteiger partial charge in [-0.05, 0) is 49.1 Å². The van der Waals surface area contributed by atoms with Crippen LogP contribution in [0.15, 0.2) is 53.4 Å². The van der Waals surface area contributed by atoms with Crippen LogP contribution < -0.4 is 20.3 Å². The number of nitrogens with zero attached hydrogens (tertiary/aromatic N) is 1. The van der Waals surface area contributed by atoms with E-state index in [9.17, 15) is 18.0 Å². The first-order valence-corrected chi connectivity index (χ1v) is 12.5. The van der Waals surface area contributed by atoms with Crippen LogP contribution in [0.1, 0.15) is 48.0 Å². The molecule has 0 atom stereocenters. The number of carbonyl (C=O) groups is 2. The molecule has 1 fully saturated rings. The molecule has 3 amide bonds. The number of rotatable bonds is 6. The number of para-hydroxylation sites is 1. The van der Waals surface area contributed by atoms with Gasteiger partial charge in [0.1, 0.15) is 0 Å². The molecule has 2 aliphatic rings. The molecule has 0 spiro atoms. The van der Waals surface area contributed by atoms with Crippen molar-refractivity contribution in [3.63, 3.8) is 0 Å². The van der Waals surface area contributed by atoms with Crippen molar-refractivity contribution in [1.82, 2.24) is 15.4 Å². The molecule has 1 saturated carbocycles. The number of hydrogen-bond acceptors (Lipinski definition) is 5. The second-order valence-corrected chi connectivity index (χ2v) is 9.94. The zero-order valence-corrected chi connectivity index (χ0v) is 18.7. The summed E-state index contributed by atoms with van der Waals surface area (Å²) >= 11 is 0. The van der Waals surface area contributed by atoms with Crippen LogP contribution in [0.5, 0.6) is 0 Å². The molecule has 2 aromatic carbocycles. The third-order valence-corrected chi connectivity index (χ3v) is 7.30. The van der Waals surface area contributed by atoms with E-state index in [1.165, 1.54) is 6.07 Å². The van der Waals surface area contributed by atoms with Gasteiger partial charge < -0.3 is 15.5 Å². The summed E-state index contributed by atoms with van der Waals surface area (Å²) in [5.74, 6) is -0.0949. The molecular weight excluding hydrogens is 428 g/mol. The van der Waals surface area contributed by atoms with Gasteiger partial charge >= 0.3 is 6.03 Å². The second kappa shape index (κ2) is 9.60. The molecule has 1 heterocycles. The monoisotopic (exact) mass is 456 g/mol. The van der Waals surface area contributed by atoms with E-state index in [-0.39, 0.29) is 16.8 Å². The smallest absolute Gasteiger partial charge is 0.328 e. The van der Waals surface area contributed by atoms with Crippen molar-refractivity contribution >= 4 is 27.6 Å². The molecule has 0 unspecified atom stereocenters. The lowest BCUT2D eigenvalue weighted by atomic mass is 9.96. The van der Waals surface area contributed by atoms with E-state index in [0.717, 1.165) is 43.4 Å². The fourth-order valence-corrected chi connectivity index (χ4v) is 5.25. The normalized spacial score (nSPS) is 16.8. The standard InChI is InChI=1S/C23H28N4O4S/c28-22-20-11-4-5-12-21(20)27(16-24-22)14-13-17-7-6-10-19(15-17)32(30,31)26-23(29)25-18-8-2-1-3-9-18/h4-7,10-12,15,18H,1-3,8-9,13-14,16H2,(H,24,28)(H2,25,26,29). The molecule has 4 rings (SSSR count). The summed E-state index contributed by atoms with van der Waals surface area (Å²) in [4.78, 5) is 26.4. The molecular formula is C23H28N4O4S. The Hall–Kier alpha value is -3.07. The molecule has 0 bridgehead atoms. The predicted octanol–water partition coefficient (Wildman–Crippen LogP) is 2.76. The third-order valence-electron chi connectivity index (χ3n) is 5.97. The Labute approximate surface area is 188 Å². The van der Waals surface area contributed by atoms with Gasteiger partial charge in [0.25, 0.3) is 15.9 Å². The summed E-state index contributed by atoms with van der Waals surface area (Å²) in [5, 5.41) is 5.62. The van der Waals surface area contributed by atoms with Gasteiger partial charge in [0.2, 0.25) is 0 Å². The summed E-state index contributed by atoms with van der Waals surface area (Å²) in [6, 6.07) is 13.4. The maximum atomic E-state index is 12.7. The Morgan fingerprint density at radius 3 is 2.66 bits per heavy atom. The van der Waals surface area contributed by atoms with Crippen LogP contribution in [0.25, 0.3) is 0 Å². The van der Waals surface area contributed by atoms with E-state index in [4.69, 9.17) is 0 Å². The average molecular weight is 457 g/mol. The molecule has 1 aliphatic heterocycles. The van der Waals surface area contributed by atoms with Crippen LogP contribution in [-0.4, -0.2) is 39.6 Å². The third kappa shape index (κ3) is 5.21. The van der Waals surface area contributed by atoms with Crippen molar-refractivity contribution < 1.29 is 18.0 Å². The number of nitrogens with one attached hydrogen (secondary N) is 3. The average Bonchev–Trinajstić information content (AvgIpc) is 2.79. The van der Waals surface area contributed by atoms with Crippen molar-refractivity contribution in [3.05, 3.63) is 59.7 Å². The van der Waals surface area contributed by atoms with Gasteiger partial charge in [-0.15, -0.1) is 0 Å². The number of amides is 3. The van der Waals surface area contributed by atoms with Crippen LogP contribution >= 0.6 is 0 Å². The minimum atomic E-state index is -3.96. The summed E-state index contributed by atoms with van der Waals surface area (Å²) in [6.45, 7) is 1.01. The van der Waals surface area contributed by atoms with Crippen LogP contribution in [-0.2, 0) is 16.4 Å². The van der Waals surface area contributed by atoms with E-state index in [1.54, 1.807) is 18.2 Å². The maximum absolute atomic E-state index is 12.7. The fourth-order valence-electron chi connectivity index (χ4n) is 4.26. The number of anilines is 1. The zero-order valence-electron chi connectivity index (χ0n) is 17.8. The summed E-state index contributed by atoms with van der Waals surface area (Å²) < 4.78 is 27.6. The van der Waals surface area contributed by atoms with E-state index >= 15 is 0 Å². The van der Waals surface area contributed by atoms with Crippen molar-refractivity contribution in [1.29, 1.82) is 0 Å². The summed E-state index contributed by atoms with van der Waals surface area (Å²) in [5.41, 5.74) is 2.32. The molecule has 8 nitrogen and oxygen atoms in total. The fraction of sp³-hybridized carbons (Fsp3) is 0.391. The number of sulfonamides is 1.